The maximum atomic E-state index is 12.1. The number of rotatable bonds is 7. The molecule has 0 saturated heterocycles. The van der Waals surface area contributed by atoms with Gasteiger partial charge in [0.05, 0.1) is 19.4 Å². The number of aromatic nitrogens is 2. The van der Waals surface area contributed by atoms with E-state index in [9.17, 15) is 4.79 Å². The highest BCUT2D eigenvalue weighted by Gasteiger charge is 2.19. The summed E-state index contributed by atoms with van der Waals surface area (Å²) in [6.07, 6.45) is 1.79. The van der Waals surface area contributed by atoms with E-state index in [-0.39, 0.29) is 5.69 Å². The van der Waals surface area contributed by atoms with Crippen molar-refractivity contribution in [1.82, 2.24) is 9.55 Å². The molecule has 0 saturated carbocycles. The van der Waals surface area contributed by atoms with Crippen molar-refractivity contribution in [2.75, 3.05) is 26.9 Å². The molecule has 1 aliphatic heterocycles. The van der Waals surface area contributed by atoms with Gasteiger partial charge in [0.1, 0.15) is 12.4 Å². The summed E-state index contributed by atoms with van der Waals surface area (Å²) in [7, 11) is 1.51. The highest BCUT2D eigenvalue weighted by atomic mass is 16.5. The van der Waals surface area contributed by atoms with Crippen LogP contribution in [0.4, 0.5) is 0 Å². The first-order valence-electron chi connectivity index (χ1n) is 8.22. The van der Waals surface area contributed by atoms with Gasteiger partial charge in [-0.05, 0) is 36.6 Å². The standard InChI is InChI=1S/C18H22N2O4/c1-3-8-23-9-10-24-14-4-5-15-13(11-14)6-7-20-16(15)12-17(22-2)19-18(20)21/h4-5,11-12H,3,6-10H2,1-2H3. The Balaban J connectivity index is 1.80. The number of ether oxygens (including phenoxy) is 3. The summed E-state index contributed by atoms with van der Waals surface area (Å²) in [5, 5.41) is 0. The topological polar surface area (TPSA) is 62.6 Å². The van der Waals surface area contributed by atoms with Crippen LogP contribution in [0.5, 0.6) is 11.6 Å². The molecule has 3 rings (SSSR count). The molecule has 0 bridgehead atoms. The monoisotopic (exact) mass is 330 g/mol. The summed E-state index contributed by atoms with van der Waals surface area (Å²) < 4.78 is 18.0. The second-order valence-corrected chi connectivity index (χ2v) is 5.65. The van der Waals surface area contributed by atoms with Gasteiger partial charge in [-0.25, -0.2) is 4.79 Å². The lowest BCUT2D eigenvalue weighted by Gasteiger charge is -2.22. The van der Waals surface area contributed by atoms with Gasteiger partial charge in [-0.2, -0.15) is 4.98 Å². The lowest BCUT2D eigenvalue weighted by Crippen LogP contribution is -2.28. The third kappa shape index (κ3) is 3.43. The number of benzene rings is 1. The van der Waals surface area contributed by atoms with Crippen LogP contribution < -0.4 is 15.2 Å². The number of hydrogen-bond donors (Lipinski definition) is 0. The van der Waals surface area contributed by atoms with E-state index >= 15 is 0 Å². The van der Waals surface area contributed by atoms with Crippen LogP contribution in [0.25, 0.3) is 11.3 Å². The van der Waals surface area contributed by atoms with Crippen molar-refractivity contribution in [3.8, 4) is 22.9 Å². The van der Waals surface area contributed by atoms with E-state index in [4.69, 9.17) is 14.2 Å². The smallest absolute Gasteiger partial charge is 0.351 e. The second-order valence-electron chi connectivity index (χ2n) is 5.65. The largest absolute Gasteiger partial charge is 0.491 e. The predicted molar refractivity (Wildman–Crippen MR) is 90.8 cm³/mol. The molecule has 0 fully saturated rings. The van der Waals surface area contributed by atoms with Gasteiger partial charge in [-0.3, -0.25) is 4.57 Å². The zero-order valence-corrected chi connectivity index (χ0v) is 14.1. The molecule has 24 heavy (non-hydrogen) atoms. The van der Waals surface area contributed by atoms with Gasteiger partial charge in [0.25, 0.3) is 0 Å². The highest BCUT2D eigenvalue weighted by Crippen LogP contribution is 2.32. The predicted octanol–water partition coefficient (Wildman–Crippen LogP) is 2.28. The number of methoxy groups -OCH3 is 1. The first-order chi connectivity index (χ1) is 11.7. The summed E-state index contributed by atoms with van der Waals surface area (Å²) in [6, 6.07) is 7.75. The zero-order valence-electron chi connectivity index (χ0n) is 14.1. The van der Waals surface area contributed by atoms with E-state index in [2.05, 4.69) is 11.9 Å². The van der Waals surface area contributed by atoms with Crippen molar-refractivity contribution < 1.29 is 14.2 Å². The van der Waals surface area contributed by atoms with E-state index in [1.165, 1.54) is 7.11 Å². The van der Waals surface area contributed by atoms with Crippen LogP contribution in [0.15, 0.2) is 29.1 Å². The Bertz CT molecular complexity index is 770. The Kier molecular flexibility index (Phi) is 5.15. The summed E-state index contributed by atoms with van der Waals surface area (Å²) in [5.74, 6) is 1.16. The molecule has 0 amide bonds. The molecule has 128 valence electrons. The van der Waals surface area contributed by atoms with E-state index in [0.717, 1.165) is 42.0 Å². The van der Waals surface area contributed by atoms with Gasteiger partial charge in [-0.1, -0.05) is 6.92 Å². The van der Waals surface area contributed by atoms with Crippen molar-refractivity contribution in [3.05, 3.63) is 40.3 Å². The third-order valence-corrected chi connectivity index (χ3v) is 4.00. The molecule has 1 aromatic heterocycles. The second kappa shape index (κ2) is 7.49. The SMILES string of the molecule is CCCOCCOc1ccc2c(c1)CCn1c-2cc(OC)nc1=O. The van der Waals surface area contributed by atoms with E-state index < -0.39 is 0 Å². The maximum absolute atomic E-state index is 12.1. The molecular weight excluding hydrogens is 308 g/mol. The minimum absolute atomic E-state index is 0.275. The maximum Gasteiger partial charge on any atom is 0.351 e. The lowest BCUT2D eigenvalue weighted by molar-refractivity contribution is 0.101. The molecule has 0 aliphatic carbocycles. The van der Waals surface area contributed by atoms with Crippen molar-refractivity contribution in [3.63, 3.8) is 0 Å². The van der Waals surface area contributed by atoms with Gasteiger partial charge in [0, 0.05) is 24.8 Å². The van der Waals surface area contributed by atoms with Crippen LogP contribution in [0, 0.1) is 0 Å². The van der Waals surface area contributed by atoms with Crippen LogP contribution in [0.2, 0.25) is 0 Å². The summed E-state index contributed by atoms with van der Waals surface area (Å²) in [6.45, 7) is 4.58. The molecule has 2 aromatic rings. The summed E-state index contributed by atoms with van der Waals surface area (Å²) >= 11 is 0. The Hall–Kier alpha value is -2.34. The average Bonchev–Trinajstić information content (AvgIpc) is 2.61. The molecule has 1 aromatic carbocycles. The van der Waals surface area contributed by atoms with Crippen LogP contribution >= 0.6 is 0 Å². The Morgan fingerprint density at radius 2 is 2.08 bits per heavy atom. The van der Waals surface area contributed by atoms with Crippen molar-refractivity contribution in [1.29, 1.82) is 0 Å². The van der Waals surface area contributed by atoms with Gasteiger partial charge >= 0.3 is 5.69 Å². The molecular formula is C18H22N2O4. The number of fused-ring (bicyclic) bond motifs is 3. The molecule has 6 heteroatoms. The third-order valence-electron chi connectivity index (χ3n) is 4.00. The van der Waals surface area contributed by atoms with Gasteiger partial charge in [0.2, 0.25) is 5.88 Å². The number of hydrogen-bond acceptors (Lipinski definition) is 5. The zero-order chi connectivity index (χ0) is 16.9. The van der Waals surface area contributed by atoms with Crippen molar-refractivity contribution >= 4 is 0 Å². The van der Waals surface area contributed by atoms with E-state index in [0.29, 0.717) is 25.6 Å². The molecule has 6 nitrogen and oxygen atoms in total. The average molecular weight is 330 g/mol. The van der Waals surface area contributed by atoms with Crippen molar-refractivity contribution in [2.24, 2.45) is 0 Å². The fraction of sp³-hybridized carbons (Fsp3) is 0.444. The molecule has 0 atom stereocenters. The minimum Gasteiger partial charge on any atom is -0.491 e. The normalized spacial score (nSPS) is 12.4. The number of aryl methyl sites for hydroxylation is 1. The summed E-state index contributed by atoms with van der Waals surface area (Å²) in [4.78, 5) is 16.0. The van der Waals surface area contributed by atoms with Crippen LogP contribution in [-0.2, 0) is 17.7 Å². The van der Waals surface area contributed by atoms with Gasteiger partial charge in [-0.15, -0.1) is 0 Å². The molecule has 1 aliphatic rings. The van der Waals surface area contributed by atoms with Crippen LogP contribution in [0.1, 0.15) is 18.9 Å². The highest BCUT2D eigenvalue weighted by molar-refractivity contribution is 5.67. The lowest BCUT2D eigenvalue weighted by atomic mass is 9.97. The molecule has 0 spiro atoms. The van der Waals surface area contributed by atoms with Crippen molar-refractivity contribution in [2.45, 2.75) is 26.3 Å². The fourth-order valence-corrected chi connectivity index (χ4v) is 2.84. The fourth-order valence-electron chi connectivity index (χ4n) is 2.84. The molecule has 0 unspecified atom stereocenters. The molecule has 0 radical (unpaired) electrons. The molecule has 0 N–H and O–H groups in total. The number of nitrogens with zero attached hydrogens (tertiary/aromatic N) is 2. The quantitative estimate of drug-likeness (QED) is 0.729. The van der Waals surface area contributed by atoms with Gasteiger partial charge < -0.3 is 14.2 Å². The minimum atomic E-state index is -0.275. The van der Waals surface area contributed by atoms with E-state index in [1.807, 2.05) is 18.2 Å². The summed E-state index contributed by atoms with van der Waals surface area (Å²) in [5.41, 5.74) is 2.75. The van der Waals surface area contributed by atoms with Crippen LogP contribution in [0.3, 0.4) is 0 Å². The van der Waals surface area contributed by atoms with Gasteiger partial charge in [0.15, 0.2) is 0 Å². The first kappa shape index (κ1) is 16.5. The first-order valence-corrected chi connectivity index (χ1v) is 8.22. The van der Waals surface area contributed by atoms with E-state index in [1.54, 1.807) is 10.6 Å². The van der Waals surface area contributed by atoms with Crippen LogP contribution in [-0.4, -0.2) is 36.5 Å². The Labute approximate surface area is 141 Å². The Morgan fingerprint density at radius 3 is 2.88 bits per heavy atom. The Morgan fingerprint density at radius 1 is 1.21 bits per heavy atom. The molecule has 2 heterocycles.